The summed E-state index contributed by atoms with van der Waals surface area (Å²) in [6.07, 6.45) is 1.30. The van der Waals surface area contributed by atoms with Crippen molar-refractivity contribution in [3.05, 3.63) is 57.3 Å². The number of benzene rings is 2. The Balaban J connectivity index is 0.973. The Morgan fingerprint density at radius 3 is 2.47 bits per heavy atom. The molecule has 0 radical (unpaired) electrons. The van der Waals surface area contributed by atoms with Crippen LogP contribution >= 0.6 is 34.5 Å². The van der Waals surface area contributed by atoms with Gasteiger partial charge in [-0.05, 0) is 63.8 Å². The van der Waals surface area contributed by atoms with Crippen LogP contribution in [0.1, 0.15) is 67.1 Å². The maximum absolute atomic E-state index is 13.0. The average Bonchev–Trinajstić information content (AvgIpc) is 3.92. The second-order valence-electron chi connectivity index (χ2n) is 13.0. The van der Waals surface area contributed by atoms with Crippen LogP contribution in [0.15, 0.2) is 34.9 Å². The summed E-state index contributed by atoms with van der Waals surface area (Å²) < 4.78 is 64.4. The molecule has 2 saturated heterocycles. The number of nitrogens with one attached hydrogen (secondary N) is 1. The Morgan fingerprint density at radius 1 is 1.06 bits per heavy atom. The van der Waals surface area contributed by atoms with Gasteiger partial charge in [0.15, 0.2) is 6.10 Å². The molecule has 0 spiro atoms. The minimum absolute atomic E-state index is 0.156. The smallest absolute Gasteiger partial charge is 0.274 e. The Kier molecular flexibility index (Phi) is 8.78. The summed E-state index contributed by atoms with van der Waals surface area (Å²) in [7, 11) is -3.72. The van der Waals surface area contributed by atoms with Crippen LogP contribution in [0, 0.1) is 0 Å². The molecule has 4 fully saturated rings. The van der Waals surface area contributed by atoms with Gasteiger partial charge < -0.3 is 28.2 Å². The Bertz CT molecular complexity index is 2010. The Labute approximate surface area is 296 Å². The highest BCUT2D eigenvalue weighted by molar-refractivity contribution is 7.91. The van der Waals surface area contributed by atoms with E-state index in [2.05, 4.69) is 14.9 Å². The van der Waals surface area contributed by atoms with Gasteiger partial charge in [0.2, 0.25) is 10.0 Å². The van der Waals surface area contributed by atoms with E-state index in [0.29, 0.717) is 61.9 Å². The van der Waals surface area contributed by atoms with Gasteiger partial charge >= 0.3 is 0 Å². The number of thiazole rings is 1. The summed E-state index contributed by atoms with van der Waals surface area (Å²) in [5.41, 5.74) is 2.67. The van der Waals surface area contributed by atoms with Crippen LogP contribution in [0.3, 0.4) is 0 Å². The maximum Gasteiger partial charge on any atom is 0.274 e. The van der Waals surface area contributed by atoms with Crippen molar-refractivity contribution >= 4 is 60.7 Å². The van der Waals surface area contributed by atoms with Crippen molar-refractivity contribution in [3.8, 4) is 22.2 Å². The lowest BCUT2D eigenvalue weighted by molar-refractivity contribution is -0.0428. The summed E-state index contributed by atoms with van der Waals surface area (Å²) in [6.45, 7) is 4.49. The standard InChI is InChI=1S/C33H33Cl2N3O9S2/c1-15(2)45-22-10-17(32(39)38-49(40,41)18-8-9-18)11-25-28(22)36-33(48-25)46-24-14-44-30-23(13-43-31(24)30)42-12-19-27(37-47-29(19)16-6-7-16)26-20(34)4-3-5-21(26)35/h3-5,10-11,15-16,18,23-24,30-31H,6-9,12-14H2,1-2H3,(H,38,39)/t23-,24+,30+,31+/m0/s1. The molecule has 12 nitrogen and oxygen atoms in total. The van der Waals surface area contributed by atoms with Gasteiger partial charge in [-0.15, -0.1) is 0 Å². The van der Waals surface area contributed by atoms with Crippen LogP contribution in [-0.4, -0.2) is 73.4 Å². The van der Waals surface area contributed by atoms with Crippen molar-refractivity contribution in [1.29, 1.82) is 0 Å². The van der Waals surface area contributed by atoms with E-state index in [9.17, 15) is 13.2 Å². The number of aromatic nitrogens is 2. The van der Waals surface area contributed by atoms with E-state index in [-0.39, 0.29) is 43.0 Å². The molecule has 0 bridgehead atoms. The number of carbonyl (C=O) groups excluding carboxylic acids is 1. The molecule has 4 aromatic rings. The van der Waals surface area contributed by atoms with Crippen LogP contribution in [-0.2, 0) is 30.8 Å². The first-order valence-electron chi connectivity index (χ1n) is 16.2. The van der Waals surface area contributed by atoms with Gasteiger partial charge in [0.25, 0.3) is 11.1 Å². The number of sulfonamides is 1. The zero-order valence-electron chi connectivity index (χ0n) is 26.5. The third kappa shape index (κ3) is 6.64. The van der Waals surface area contributed by atoms with Crippen molar-refractivity contribution in [2.24, 2.45) is 0 Å². The molecule has 2 aliphatic carbocycles. The van der Waals surface area contributed by atoms with Gasteiger partial charge in [0.05, 0.1) is 45.9 Å². The lowest BCUT2D eigenvalue weighted by Gasteiger charge is -2.17. The van der Waals surface area contributed by atoms with Gasteiger partial charge in [0.1, 0.15) is 41.0 Å². The Hall–Kier alpha value is -2.98. The number of nitrogens with zero attached hydrogens (tertiary/aromatic N) is 2. The molecule has 260 valence electrons. The van der Waals surface area contributed by atoms with E-state index in [1.165, 1.54) is 17.4 Å². The maximum atomic E-state index is 13.0. The van der Waals surface area contributed by atoms with Crippen molar-refractivity contribution in [1.82, 2.24) is 14.9 Å². The fourth-order valence-corrected chi connectivity index (χ4v) is 9.00. The number of hydrogen-bond acceptors (Lipinski definition) is 12. The molecule has 4 heterocycles. The number of rotatable bonds is 12. The molecular weight excluding hydrogens is 717 g/mol. The molecule has 1 N–H and O–H groups in total. The SMILES string of the molecule is CC(C)Oc1cc(C(=O)NS(=O)(=O)C2CC2)cc2sc(O[C@@H]3CO[C@H]4[C@@H]3OC[C@@H]4OCc3c(-c4c(Cl)cccc4Cl)noc3C3CC3)nc12. The molecule has 16 heteroatoms. The summed E-state index contributed by atoms with van der Waals surface area (Å²) in [5, 5.41) is 5.12. The quantitative estimate of drug-likeness (QED) is 0.175. The topological polar surface area (TPSA) is 148 Å². The number of halogens is 2. The Morgan fingerprint density at radius 2 is 1.78 bits per heavy atom. The molecule has 8 rings (SSSR count). The molecule has 49 heavy (non-hydrogen) atoms. The fourth-order valence-electron chi connectivity index (χ4n) is 6.19. The number of hydrogen-bond donors (Lipinski definition) is 1. The number of carbonyl (C=O) groups is 1. The van der Waals surface area contributed by atoms with E-state index < -0.39 is 33.4 Å². The zero-order chi connectivity index (χ0) is 34.0. The zero-order valence-corrected chi connectivity index (χ0v) is 29.7. The van der Waals surface area contributed by atoms with Crippen LogP contribution < -0.4 is 14.2 Å². The third-order valence-electron chi connectivity index (χ3n) is 8.89. The summed E-state index contributed by atoms with van der Waals surface area (Å²) in [5.74, 6) is 0.719. The first-order chi connectivity index (χ1) is 23.6. The minimum atomic E-state index is -3.72. The fraction of sp³-hybridized carbons (Fsp3) is 0.485. The third-order valence-corrected chi connectivity index (χ3v) is 12.2. The van der Waals surface area contributed by atoms with E-state index in [1.807, 2.05) is 13.8 Å². The molecular formula is C33H33Cl2N3O9S2. The average molecular weight is 751 g/mol. The second kappa shape index (κ2) is 13.0. The highest BCUT2D eigenvalue weighted by atomic mass is 35.5. The molecule has 2 saturated carbocycles. The molecule has 1 amide bonds. The summed E-state index contributed by atoms with van der Waals surface area (Å²) in [6, 6.07) is 8.42. The molecule has 2 aliphatic heterocycles. The number of ether oxygens (including phenoxy) is 5. The highest BCUT2D eigenvalue weighted by Gasteiger charge is 2.50. The highest BCUT2D eigenvalue weighted by Crippen LogP contribution is 2.46. The molecule has 0 unspecified atom stereocenters. The molecule has 4 atom stereocenters. The monoisotopic (exact) mass is 749 g/mol. The number of fused-ring (bicyclic) bond motifs is 2. The lowest BCUT2D eigenvalue weighted by Crippen LogP contribution is -2.35. The van der Waals surface area contributed by atoms with Crippen molar-refractivity contribution in [3.63, 3.8) is 0 Å². The van der Waals surface area contributed by atoms with Crippen molar-refractivity contribution in [2.75, 3.05) is 13.2 Å². The van der Waals surface area contributed by atoms with Gasteiger partial charge in [-0.2, -0.15) is 4.98 Å². The largest absolute Gasteiger partial charge is 0.489 e. The molecule has 4 aliphatic rings. The summed E-state index contributed by atoms with van der Waals surface area (Å²) in [4.78, 5) is 17.6. The minimum Gasteiger partial charge on any atom is -0.489 e. The summed E-state index contributed by atoms with van der Waals surface area (Å²) >= 11 is 14.3. The first kappa shape index (κ1) is 33.2. The van der Waals surface area contributed by atoms with Gasteiger partial charge in [-0.25, -0.2) is 13.1 Å². The van der Waals surface area contributed by atoms with Crippen LogP contribution in [0.4, 0.5) is 0 Å². The van der Waals surface area contributed by atoms with E-state index in [4.69, 9.17) is 51.4 Å². The van der Waals surface area contributed by atoms with E-state index in [0.717, 1.165) is 24.2 Å². The van der Waals surface area contributed by atoms with Gasteiger partial charge in [-0.1, -0.05) is 45.8 Å². The van der Waals surface area contributed by atoms with Gasteiger partial charge in [0, 0.05) is 22.6 Å². The first-order valence-corrected chi connectivity index (χ1v) is 19.3. The van der Waals surface area contributed by atoms with Gasteiger partial charge in [-0.3, -0.25) is 4.79 Å². The molecule has 2 aromatic heterocycles. The number of amides is 1. The van der Waals surface area contributed by atoms with Crippen LogP contribution in [0.5, 0.6) is 10.9 Å². The van der Waals surface area contributed by atoms with Crippen LogP contribution in [0.2, 0.25) is 10.0 Å². The predicted octanol–water partition coefficient (Wildman–Crippen LogP) is 6.28. The molecule has 2 aromatic carbocycles. The van der Waals surface area contributed by atoms with Crippen LogP contribution in [0.25, 0.3) is 21.5 Å². The normalized spacial score (nSPS) is 23.7. The second-order valence-corrected chi connectivity index (χ2v) is 16.8. The predicted molar refractivity (Wildman–Crippen MR) is 181 cm³/mol. The van der Waals surface area contributed by atoms with E-state index in [1.54, 1.807) is 24.3 Å². The van der Waals surface area contributed by atoms with Crippen molar-refractivity contribution in [2.45, 2.75) is 87.8 Å². The van der Waals surface area contributed by atoms with Crippen molar-refractivity contribution < 1.29 is 41.4 Å². The van der Waals surface area contributed by atoms with E-state index >= 15 is 0 Å². The lowest BCUT2D eigenvalue weighted by atomic mass is 10.0.